The van der Waals surface area contributed by atoms with Crippen LogP contribution in [0, 0.1) is 0 Å². The summed E-state index contributed by atoms with van der Waals surface area (Å²) in [4.78, 5) is 30.5. The average Bonchev–Trinajstić information content (AvgIpc) is 2.73. The van der Waals surface area contributed by atoms with Crippen LogP contribution in [0.2, 0.25) is 0 Å². The molecule has 7 nitrogen and oxygen atoms in total. The van der Waals surface area contributed by atoms with Gasteiger partial charge in [-0.15, -0.1) is 22.9 Å². The van der Waals surface area contributed by atoms with E-state index in [2.05, 4.69) is 20.3 Å². The van der Waals surface area contributed by atoms with Gasteiger partial charge in [0.15, 0.2) is 10.8 Å². The molecule has 0 bridgehead atoms. The van der Waals surface area contributed by atoms with Gasteiger partial charge in [-0.05, 0) is 0 Å². The number of halogens is 1. The number of nitrogens with one attached hydrogen (secondary N) is 1. The highest BCUT2D eigenvalue weighted by molar-refractivity contribution is 7.14. The maximum atomic E-state index is 11.0. The van der Waals surface area contributed by atoms with Crippen LogP contribution >= 0.6 is 22.9 Å². The van der Waals surface area contributed by atoms with Crippen LogP contribution in [0.4, 0.5) is 5.13 Å². The monoisotopic (exact) mass is 276 g/mol. The van der Waals surface area contributed by atoms with E-state index in [-0.39, 0.29) is 17.3 Å². The number of carbonyl (C=O) groups is 2. The highest BCUT2D eigenvalue weighted by Crippen LogP contribution is 2.16. The molecule has 1 heterocycles. The molecule has 0 fully saturated rings. The third-order valence-corrected chi connectivity index (χ3v) is 2.53. The molecule has 0 aliphatic rings. The van der Waals surface area contributed by atoms with Gasteiger partial charge in [-0.3, -0.25) is 9.59 Å². The standard InChI is InChI=1S/C8H9ClN4O3S/c1-16-13-6(7(10)15)4-3-17-8(11-4)12-5(14)2-9/h3H,2H2,1H3,(H2,10,15)(H,11,12,14)/b13-6+. The quantitative estimate of drug-likeness (QED) is 0.454. The first-order valence-electron chi connectivity index (χ1n) is 4.31. The summed E-state index contributed by atoms with van der Waals surface area (Å²) in [6, 6.07) is 0. The number of nitrogens with zero attached hydrogens (tertiary/aromatic N) is 2. The van der Waals surface area contributed by atoms with Crippen LogP contribution in [0.25, 0.3) is 0 Å². The third-order valence-electron chi connectivity index (χ3n) is 1.53. The normalized spacial score (nSPS) is 11.1. The van der Waals surface area contributed by atoms with E-state index >= 15 is 0 Å². The zero-order valence-corrected chi connectivity index (χ0v) is 10.3. The van der Waals surface area contributed by atoms with E-state index in [1.807, 2.05) is 0 Å². The number of thiazole rings is 1. The summed E-state index contributed by atoms with van der Waals surface area (Å²) in [6.45, 7) is 0. The summed E-state index contributed by atoms with van der Waals surface area (Å²) >= 11 is 6.44. The van der Waals surface area contributed by atoms with Gasteiger partial charge < -0.3 is 15.9 Å². The maximum absolute atomic E-state index is 11.0. The van der Waals surface area contributed by atoms with E-state index in [1.54, 1.807) is 0 Å². The van der Waals surface area contributed by atoms with Gasteiger partial charge in [0, 0.05) is 5.38 Å². The van der Waals surface area contributed by atoms with Crippen molar-refractivity contribution in [3.8, 4) is 0 Å². The molecule has 2 amide bonds. The molecule has 0 aromatic carbocycles. The third kappa shape index (κ3) is 3.68. The lowest BCUT2D eigenvalue weighted by molar-refractivity contribution is -0.114. The van der Waals surface area contributed by atoms with E-state index in [0.29, 0.717) is 5.13 Å². The molecule has 0 spiro atoms. The van der Waals surface area contributed by atoms with Gasteiger partial charge in [0.1, 0.15) is 18.7 Å². The van der Waals surface area contributed by atoms with Crippen molar-refractivity contribution in [1.82, 2.24) is 4.98 Å². The number of rotatable bonds is 5. The highest BCUT2D eigenvalue weighted by atomic mass is 35.5. The minimum absolute atomic E-state index is 0.116. The van der Waals surface area contributed by atoms with E-state index in [0.717, 1.165) is 11.3 Å². The number of hydrogen-bond donors (Lipinski definition) is 2. The first-order valence-corrected chi connectivity index (χ1v) is 5.72. The molecule has 0 saturated heterocycles. The lowest BCUT2D eigenvalue weighted by Gasteiger charge is -1.97. The average molecular weight is 277 g/mol. The number of nitrogens with two attached hydrogens (primary N) is 1. The Labute approximate surface area is 106 Å². The van der Waals surface area contributed by atoms with E-state index in [4.69, 9.17) is 17.3 Å². The summed E-state index contributed by atoms with van der Waals surface area (Å²) in [7, 11) is 1.28. The second-order valence-electron chi connectivity index (χ2n) is 2.71. The van der Waals surface area contributed by atoms with Crippen LogP contribution in [-0.4, -0.2) is 35.5 Å². The molecule has 17 heavy (non-hydrogen) atoms. The smallest absolute Gasteiger partial charge is 0.273 e. The second kappa shape index (κ2) is 6.16. The Morgan fingerprint density at radius 1 is 1.71 bits per heavy atom. The Kier molecular flexibility index (Phi) is 4.85. The minimum Gasteiger partial charge on any atom is -0.398 e. The number of aromatic nitrogens is 1. The molecule has 1 aromatic heterocycles. The van der Waals surface area contributed by atoms with Crippen LogP contribution < -0.4 is 11.1 Å². The SMILES string of the molecule is CO/N=C(/C(N)=O)c1csc(NC(=O)CCl)n1. The fourth-order valence-electron chi connectivity index (χ4n) is 0.902. The van der Waals surface area contributed by atoms with Crippen molar-refractivity contribution in [2.75, 3.05) is 18.3 Å². The lowest BCUT2D eigenvalue weighted by atomic mass is 10.3. The van der Waals surface area contributed by atoms with Crippen molar-refractivity contribution in [2.45, 2.75) is 0 Å². The molecule has 9 heteroatoms. The molecule has 1 rings (SSSR count). The summed E-state index contributed by atoms with van der Waals surface area (Å²) in [5.74, 6) is -1.34. The van der Waals surface area contributed by atoms with Gasteiger partial charge in [-0.25, -0.2) is 4.98 Å². The van der Waals surface area contributed by atoms with Crippen molar-refractivity contribution in [1.29, 1.82) is 0 Å². The van der Waals surface area contributed by atoms with Crippen molar-refractivity contribution in [2.24, 2.45) is 10.9 Å². The largest absolute Gasteiger partial charge is 0.398 e. The van der Waals surface area contributed by atoms with Gasteiger partial charge >= 0.3 is 0 Å². The predicted octanol–water partition coefficient (Wildman–Crippen LogP) is 0.156. The fourth-order valence-corrected chi connectivity index (χ4v) is 1.68. The minimum atomic E-state index is -0.771. The summed E-state index contributed by atoms with van der Waals surface area (Å²) in [5.41, 5.74) is 5.21. The number of hydrogen-bond acceptors (Lipinski definition) is 6. The van der Waals surface area contributed by atoms with Crippen molar-refractivity contribution >= 4 is 45.6 Å². The van der Waals surface area contributed by atoms with Crippen molar-refractivity contribution in [3.63, 3.8) is 0 Å². The molecular weight excluding hydrogens is 268 g/mol. The van der Waals surface area contributed by atoms with Crippen molar-refractivity contribution in [3.05, 3.63) is 11.1 Å². The first kappa shape index (κ1) is 13.4. The number of amides is 2. The van der Waals surface area contributed by atoms with Crippen molar-refractivity contribution < 1.29 is 14.4 Å². The first-order chi connectivity index (χ1) is 8.08. The molecule has 0 aliphatic carbocycles. The number of primary amides is 1. The maximum Gasteiger partial charge on any atom is 0.273 e. The molecule has 0 atom stereocenters. The van der Waals surface area contributed by atoms with E-state index in [1.165, 1.54) is 12.5 Å². The van der Waals surface area contributed by atoms with Gasteiger partial charge in [0.25, 0.3) is 5.91 Å². The highest BCUT2D eigenvalue weighted by Gasteiger charge is 2.16. The fraction of sp³-hybridized carbons (Fsp3) is 0.250. The number of anilines is 1. The number of oxime groups is 1. The van der Waals surface area contributed by atoms with E-state index < -0.39 is 11.8 Å². The second-order valence-corrected chi connectivity index (χ2v) is 3.83. The molecule has 1 aromatic rings. The van der Waals surface area contributed by atoms with Crippen LogP contribution in [0.3, 0.4) is 0 Å². The van der Waals surface area contributed by atoms with Crippen LogP contribution in [0.15, 0.2) is 10.5 Å². The Morgan fingerprint density at radius 2 is 2.41 bits per heavy atom. The molecule has 0 saturated carbocycles. The Balaban J connectivity index is 2.89. The molecular formula is C8H9ClN4O3S. The summed E-state index contributed by atoms with van der Waals surface area (Å²) < 4.78 is 0. The molecule has 0 radical (unpaired) electrons. The zero-order chi connectivity index (χ0) is 12.8. The van der Waals surface area contributed by atoms with Gasteiger partial charge in [-0.1, -0.05) is 5.16 Å². The van der Waals surface area contributed by atoms with Gasteiger partial charge in [0.05, 0.1) is 0 Å². The summed E-state index contributed by atoms with van der Waals surface area (Å²) in [5, 5.41) is 7.71. The Bertz CT molecular complexity index is 459. The number of carbonyl (C=O) groups excluding carboxylic acids is 2. The molecule has 0 aliphatic heterocycles. The number of alkyl halides is 1. The zero-order valence-electron chi connectivity index (χ0n) is 8.77. The topological polar surface area (TPSA) is 107 Å². The predicted molar refractivity (Wildman–Crippen MR) is 64.2 cm³/mol. The molecule has 3 N–H and O–H groups in total. The van der Waals surface area contributed by atoms with Crippen LogP contribution in [0.5, 0.6) is 0 Å². The van der Waals surface area contributed by atoms with Gasteiger partial charge in [0.2, 0.25) is 5.91 Å². The van der Waals surface area contributed by atoms with Crippen LogP contribution in [0.1, 0.15) is 5.69 Å². The summed E-state index contributed by atoms with van der Waals surface area (Å²) in [6.07, 6.45) is 0. The molecule has 0 unspecified atom stereocenters. The Hall–Kier alpha value is -1.67. The van der Waals surface area contributed by atoms with Crippen LogP contribution in [-0.2, 0) is 14.4 Å². The molecule has 92 valence electrons. The lowest BCUT2D eigenvalue weighted by Crippen LogP contribution is -2.25. The van der Waals surface area contributed by atoms with Gasteiger partial charge in [-0.2, -0.15) is 0 Å². The Morgan fingerprint density at radius 3 is 2.94 bits per heavy atom. The van der Waals surface area contributed by atoms with E-state index in [9.17, 15) is 9.59 Å².